The third kappa shape index (κ3) is 2.92. The summed E-state index contributed by atoms with van der Waals surface area (Å²) in [5, 5.41) is 18.6. The van der Waals surface area contributed by atoms with Crippen molar-refractivity contribution in [1.29, 1.82) is 0 Å². The van der Waals surface area contributed by atoms with Crippen molar-refractivity contribution >= 4 is 10.9 Å². The molecule has 1 aliphatic heterocycles. The van der Waals surface area contributed by atoms with Crippen molar-refractivity contribution in [2.45, 2.75) is 25.2 Å². The molecule has 2 aromatic heterocycles. The van der Waals surface area contributed by atoms with Crippen LogP contribution in [0.5, 0.6) is 0 Å². The molecule has 3 heterocycles. The van der Waals surface area contributed by atoms with E-state index in [2.05, 4.69) is 27.5 Å². The summed E-state index contributed by atoms with van der Waals surface area (Å²) in [6.07, 6.45) is 6.55. The molecule has 0 radical (unpaired) electrons. The summed E-state index contributed by atoms with van der Waals surface area (Å²) in [5.74, 6) is 0.473. The van der Waals surface area contributed by atoms with Crippen molar-refractivity contribution in [2.24, 2.45) is 0 Å². The monoisotopic (exact) mass is 308 g/mol. The van der Waals surface area contributed by atoms with Crippen molar-refractivity contribution in [2.75, 3.05) is 13.1 Å². The second-order valence-electron chi connectivity index (χ2n) is 6.19. The lowest BCUT2D eigenvalue weighted by Crippen LogP contribution is -2.26. The number of pyridine rings is 1. The van der Waals surface area contributed by atoms with Gasteiger partial charge in [0.15, 0.2) is 0 Å². The van der Waals surface area contributed by atoms with E-state index >= 15 is 0 Å². The van der Waals surface area contributed by atoms with Crippen LogP contribution in [0, 0.1) is 0 Å². The fourth-order valence-corrected chi connectivity index (χ4v) is 3.43. The molecule has 1 saturated heterocycles. The minimum atomic E-state index is 0.473. The third-order valence-electron chi connectivity index (χ3n) is 4.61. The Morgan fingerprint density at radius 3 is 2.91 bits per heavy atom. The van der Waals surface area contributed by atoms with Crippen LogP contribution >= 0.6 is 0 Å². The standard InChI is InChI=1S/C18H20N4O/c23-22-12-16(14-5-7-19-8-6-14)18(21-22)10-13-9-15-3-1-2-4-17(15)20-11-13/h1-4,9,11-12,14,19,23H,5-8,10H2. The molecule has 5 heteroatoms. The van der Waals surface area contributed by atoms with Crippen molar-refractivity contribution < 1.29 is 5.21 Å². The average Bonchev–Trinajstić information content (AvgIpc) is 2.96. The van der Waals surface area contributed by atoms with Gasteiger partial charge >= 0.3 is 0 Å². The summed E-state index contributed by atoms with van der Waals surface area (Å²) < 4.78 is 0. The van der Waals surface area contributed by atoms with Crippen molar-refractivity contribution in [3.63, 3.8) is 0 Å². The normalized spacial score (nSPS) is 16.0. The fraction of sp³-hybridized carbons (Fsp3) is 0.333. The van der Waals surface area contributed by atoms with Crippen LogP contribution in [0.15, 0.2) is 42.7 Å². The highest BCUT2D eigenvalue weighted by atomic mass is 16.5. The molecule has 0 atom stereocenters. The van der Waals surface area contributed by atoms with E-state index in [0.717, 1.165) is 52.9 Å². The molecule has 0 saturated carbocycles. The predicted molar refractivity (Wildman–Crippen MR) is 88.8 cm³/mol. The summed E-state index contributed by atoms with van der Waals surface area (Å²) in [6, 6.07) is 10.3. The largest absolute Gasteiger partial charge is 0.412 e. The molecule has 2 N–H and O–H groups in total. The molecule has 0 unspecified atom stereocenters. The zero-order valence-electron chi connectivity index (χ0n) is 12.9. The summed E-state index contributed by atoms with van der Waals surface area (Å²) in [5.41, 5.74) is 4.25. The molecule has 0 spiro atoms. The minimum Gasteiger partial charge on any atom is -0.412 e. The van der Waals surface area contributed by atoms with Crippen LogP contribution in [0.1, 0.15) is 35.6 Å². The van der Waals surface area contributed by atoms with E-state index in [4.69, 9.17) is 0 Å². The number of nitrogens with one attached hydrogen (secondary N) is 1. The van der Waals surface area contributed by atoms with Gasteiger partial charge in [0, 0.05) is 23.6 Å². The Morgan fingerprint density at radius 1 is 1.22 bits per heavy atom. The number of hydrogen-bond donors (Lipinski definition) is 2. The average molecular weight is 308 g/mol. The molecule has 3 aromatic rings. The van der Waals surface area contributed by atoms with Gasteiger partial charge in [0.2, 0.25) is 0 Å². The Morgan fingerprint density at radius 2 is 2.04 bits per heavy atom. The van der Waals surface area contributed by atoms with E-state index in [1.54, 1.807) is 6.20 Å². The van der Waals surface area contributed by atoms with E-state index < -0.39 is 0 Å². The molecule has 0 aliphatic carbocycles. The Kier molecular flexibility index (Phi) is 3.71. The fourth-order valence-electron chi connectivity index (χ4n) is 3.43. The highest BCUT2D eigenvalue weighted by molar-refractivity contribution is 5.78. The van der Waals surface area contributed by atoms with Crippen LogP contribution in [-0.2, 0) is 6.42 Å². The van der Waals surface area contributed by atoms with Crippen LogP contribution in [0.4, 0.5) is 0 Å². The van der Waals surface area contributed by atoms with Crippen LogP contribution in [0.2, 0.25) is 0 Å². The van der Waals surface area contributed by atoms with Crippen molar-refractivity contribution in [3.8, 4) is 0 Å². The number of rotatable bonds is 3. The molecular weight excluding hydrogens is 288 g/mol. The first-order chi connectivity index (χ1) is 11.3. The number of benzene rings is 1. The van der Waals surface area contributed by atoms with Gasteiger partial charge in [-0.1, -0.05) is 18.2 Å². The Hall–Kier alpha value is -2.40. The van der Waals surface area contributed by atoms with Crippen LogP contribution < -0.4 is 5.32 Å². The maximum atomic E-state index is 9.79. The second-order valence-corrected chi connectivity index (χ2v) is 6.19. The maximum absolute atomic E-state index is 9.79. The Labute approximate surface area is 134 Å². The molecule has 118 valence electrons. The highest BCUT2D eigenvalue weighted by Gasteiger charge is 2.21. The molecule has 1 aliphatic rings. The van der Waals surface area contributed by atoms with E-state index in [9.17, 15) is 5.21 Å². The number of para-hydroxylation sites is 1. The van der Waals surface area contributed by atoms with E-state index in [-0.39, 0.29) is 0 Å². The first-order valence-electron chi connectivity index (χ1n) is 8.12. The van der Waals surface area contributed by atoms with E-state index in [1.807, 2.05) is 24.4 Å². The number of hydrogen-bond acceptors (Lipinski definition) is 4. The lowest BCUT2D eigenvalue weighted by molar-refractivity contribution is 0.147. The van der Waals surface area contributed by atoms with Crippen LogP contribution in [0.3, 0.4) is 0 Å². The first kappa shape index (κ1) is 14.2. The lowest BCUT2D eigenvalue weighted by Gasteiger charge is -2.22. The zero-order chi connectivity index (χ0) is 15.6. The van der Waals surface area contributed by atoms with Gasteiger partial charge < -0.3 is 10.5 Å². The molecule has 1 fully saturated rings. The number of nitrogens with zero attached hydrogens (tertiary/aromatic N) is 3. The van der Waals surface area contributed by atoms with Crippen LogP contribution in [0.25, 0.3) is 10.9 Å². The zero-order valence-corrected chi connectivity index (χ0v) is 12.9. The molecule has 0 amide bonds. The Balaban J connectivity index is 1.64. The van der Waals surface area contributed by atoms with Gasteiger partial charge in [-0.2, -0.15) is 0 Å². The second kappa shape index (κ2) is 6.01. The quantitative estimate of drug-likeness (QED) is 0.730. The van der Waals surface area contributed by atoms with Crippen molar-refractivity contribution in [1.82, 2.24) is 20.2 Å². The smallest absolute Gasteiger partial charge is 0.0739 e. The van der Waals surface area contributed by atoms with E-state index in [0.29, 0.717) is 12.3 Å². The van der Waals surface area contributed by atoms with Gasteiger partial charge in [0.1, 0.15) is 0 Å². The maximum Gasteiger partial charge on any atom is 0.0739 e. The van der Waals surface area contributed by atoms with Gasteiger partial charge in [-0.3, -0.25) is 4.98 Å². The number of aromatic nitrogens is 3. The Bertz CT molecular complexity index is 821. The number of fused-ring (bicyclic) bond motifs is 1. The lowest BCUT2D eigenvalue weighted by atomic mass is 9.89. The predicted octanol–water partition coefficient (Wildman–Crippen LogP) is 2.73. The topological polar surface area (TPSA) is 63.0 Å². The van der Waals surface area contributed by atoms with Gasteiger partial charge in [-0.05, 0) is 49.5 Å². The van der Waals surface area contributed by atoms with Crippen LogP contribution in [-0.4, -0.2) is 33.2 Å². The minimum absolute atomic E-state index is 0.473. The summed E-state index contributed by atoms with van der Waals surface area (Å²) in [7, 11) is 0. The summed E-state index contributed by atoms with van der Waals surface area (Å²) in [6.45, 7) is 2.05. The molecule has 4 rings (SSSR count). The number of piperidine rings is 1. The highest BCUT2D eigenvalue weighted by Crippen LogP contribution is 2.29. The SMILES string of the molecule is On1cc(C2CCNCC2)c(Cc2cnc3ccccc3c2)n1. The van der Waals surface area contributed by atoms with E-state index in [1.165, 1.54) is 5.56 Å². The van der Waals surface area contributed by atoms with Gasteiger partial charge in [0.25, 0.3) is 0 Å². The molecular formula is C18H20N4O. The molecule has 1 aromatic carbocycles. The summed E-state index contributed by atoms with van der Waals surface area (Å²) >= 11 is 0. The molecule has 5 nitrogen and oxygen atoms in total. The van der Waals surface area contributed by atoms with Crippen molar-refractivity contribution in [3.05, 3.63) is 59.5 Å². The molecule has 0 bridgehead atoms. The van der Waals surface area contributed by atoms with Gasteiger partial charge in [-0.25, -0.2) is 0 Å². The molecule has 23 heavy (non-hydrogen) atoms. The third-order valence-corrected chi connectivity index (χ3v) is 4.61. The van der Waals surface area contributed by atoms with Gasteiger partial charge in [0.05, 0.1) is 17.4 Å². The van der Waals surface area contributed by atoms with Gasteiger partial charge in [-0.15, -0.1) is 9.94 Å². The summed E-state index contributed by atoms with van der Waals surface area (Å²) in [4.78, 5) is 5.48. The first-order valence-corrected chi connectivity index (χ1v) is 8.12.